The van der Waals surface area contributed by atoms with Gasteiger partial charge in [-0.05, 0) is 60.7 Å². The molecule has 0 spiro atoms. The molecule has 158 valence electrons. The predicted octanol–water partition coefficient (Wildman–Crippen LogP) is 4.26. The number of amides is 1. The van der Waals surface area contributed by atoms with Crippen molar-refractivity contribution in [2.45, 2.75) is 20.4 Å². The molecule has 0 radical (unpaired) electrons. The third-order valence-corrected chi connectivity index (χ3v) is 6.15. The number of hydrogen-bond donors (Lipinski definition) is 1. The van der Waals surface area contributed by atoms with Gasteiger partial charge in [-0.1, -0.05) is 23.7 Å². The first kappa shape index (κ1) is 21.0. The van der Waals surface area contributed by atoms with Crippen LogP contribution in [0.3, 0.4) is 0 Å². The number of carbonyl (C=O) groups excluding carboxylic acids is 1. The van der Waals surface area contributed by atoms with Crippen LogP contribution < -0.4 is 16.6 Å². The number of thiophene rings is 1. The molecule has 31 heavy (non-hydrogen) atoms. The van der Waals surface area contributed by atoms with Gasteiger partial charge in [-0.2, -0.15) is 0 Å². The van der Waals surface area contributed by atoms with Crippen LogP contribution in [0.15, 0.2) is 57.4 Å². The van der Waals surface area contributed by atoms with E-state index >= 15 is 0 Å². The SMILES string of the molecule is Cc1cc(F)ccc1-n1c(=O)c2sccc2n(CC(=O)Nc2c(C)cccc2Cl)c1=O. The Labute approximate surface area is 185 Å². The zero-order valence-corrected chi connectivity index (χ0v) is 18.2. The van der Waals surface area contributed by atoms with Gasteiger partial charge in [0.05, 0.1) is 21.9 Å². The molecule has 0 bridgehead atoms. The number of rotatable bonds is 4. The molecule has 0 aliphatic rings. The highest BCUT2D eigenvalue weighted by molar-refractivity contribution is 7.17. The summed E-state index contributed by atoms with van der Waals surface area (Å²) in [4.78, 5) is 39.1. The van der Waals surface area contributed by atoms with Crippen LogP contribution in [0.25, 0.3) is 15.9 Å². The first-order chi connectivity index (χ1) is 14.8. The number of halogens is 2. The molecule has 0 atom stereocenters. The number of hydrogen-bond acceptors (Lipinski definition) is 4. The smallest absolute Gasteiger partial charge is 0.323 e. The zero-order chi connectivity index (χ0) is 22.3. The van der Waals surface area contributed by atoms with E-state index in [9.17, 15) is 18.8 Å². The minimum atomic E-state index is -0.684. The van der Waals surface area contributed by atoms with Crippen molar-refractivity contribution >= 4 is 44.7 Å². The molecular formula is C22H17ClFN3O3S. The summed E-state index contributed by atoms with van der Waals surface area (Å²) in [5, 5.41) is 4.80. The third-order valence-electron chi connectivity index (χ3n) is 4.94. The summed E-state index contributed by atoms with van der Waals surface area (Å²) in [6.07, 6.45) is 0. The normalized spacial score (nSPS) is 11.1. The Morgan fingerprint density at radius 3 is 2.61 bits per heavy atom. The fourth-order valence-electron chi connectivity index (χ4n) is 3.44. The number of carbonyl (C=O) groups is 1. The summed E-state index contributed by atoms with van der Waals surface area (Å²) >= 11 is 7.35. The molecule has 0 unspecified atom stereocenters. The van der Waals surface area contributed by atoms with Crippen LogP contribution in [0, 0.1) is 19.7 Å². The van der Waals surface area contributed by atoms with Crippen molar-refractivity contribution in [2.24, 2.45) is 0 Å². The van der Waals surface area contributed by atoms with E-state index in [0.717, 1.165) is 10.1 Å². The summed E-state index contributed by atoms with van der Waals surface area (Å²) in [5.41, 5.74) is 1.11. The fourth-order valence-corrected chi connectivity index (χ4v) is 4.53. The second-order valence-electron chi connectivity index (χ2n) is 7.05. The van der Waals surface area contributed by atoms with E-state index in [0.29, 0.717) is 26.5 Å². The van der Waals surface area contributed by atoms with E-state index in [-0.39, 0.29) is 12.2 Å². The summed E-state index contributed by atoms with van der Waals surface area (Å²) < 4.78 is 16.1. The Balaban J connectivity index is 1.83. The van der Waals surface area contributed by atoms with Gasteiger partial charge >= 0.3 is 5.69 Å². The van der Waals surface area contributed by atoms with Gasteiger partial charge in [0.1, 0.15) is 17.1 Å². The van der Waals surface area contributed by atoms with Gasteiger partial charge in [0.25, 0.3) is 5.56 Å². The minimum absolute atomic E-state index is 0.266. The number of nitrogens with one attached hydrogen (secondary N) is 1. The van der Waals surface area contributed by atoms with Crippen LogP contribution in [0.2, 0.25) is 5.02 Å². The molecule has 0 fully saturated rings. The number of fused-ring (bicyclic) bond motifs is 1. The maximum Gasteiger partial charge on any atom is 0.336 e. The van der Waals surface area contributed by atoms with Crippen LogP contribution in [-0.4, -0.2) is 15.0 Å². The van der Waals surface area contributed by atoms with Gasteiger partial charge in [-0.25, -0.2) is 13.8 Å². The molecule has 4 rings (SSSR count). The topological polar surface area (TPSA) is 73.1 Å². The van der Waals surface area contributed by atoms with E-state index in [1.54, 1.807) is 30.5 Å². The standard InChI is InChI=1S/C22H17ClFN3O3S/c1-12-4-3-5-15(23)19(12)25-18(28)11-26-17-8-9-31-20(17)21(29)27(22(26)30)16-7-6-14(24)10-13(16)2/h3-10H,11H2,1-2H3,(H,25,28). The molecule has 1 N–H and O–H groups in total. The van der Waals surface area contributed by atoms with Gasteiger partial charge in [0.15, 0.2) is 0 Å². The highest BCUT2D eigenvalue weighted by Crippen LogP contribution is 2.25. The second kappa shape index (κ2) is 8.13. The predicted molar refractivity (Wildman–Crippen MR) is 121 cm³/mol. The highest BCUT2D eigenvalue weighted by atomic mass is 35.5. The number of nitrogens with zero attached hydrogens (tertiary/aromatic N) is 2. The summed E-state index contributed by atoms with van der Waals surface area (Å²) in [5.74, 6) is -0.937. The van der Waals surface area contributed by atoms with Gasteiger partial charge in [0.2, 0.25) is 5.91 Å². The average molecular weight is 458 g/mol. The Morgan fingerprint density at radius 1 is 1.13 bits per heavy atom. The van der Waals surface area contributed by atoms with Crippen molar-refractivity contribution in [3.8, 4) is 5.69 Å². The molecule has 4 aromatic rings. The Hall–Kier alpha value is -3.23. The molecular weight excluding hydrogens is 441 g/mol. The quantitative estimate of drug-likeness (QED) is 0.497. The van der Waals surface area contributed by atoms with Crippen LogP contribution in [-0.2, 0) is 11.3 Å². The molecule has 2 aromatic carbocycles. The lowest BCUT2D eigenvalue weighted by Crippen LogP contribution is -2.40. The number of anilines is 1. The third kappa shape index (κ3) is 3.80. The molecule has 1 amide bonds. The molecule has 0 aliphatic carbocycles. The zero-order valence-electron chi connectivity index (χ0n) is 16.6. The number of benzene rings is 2. The summed E-state index contributed by atoms with van der Waals surface area (Å²) in [6.45, 7) is 3.10. The minimum Gasteiger partial charge on any atom is -0.323 e. The lowest BCUT2D eigenvalue weighted by Gasteiger charge is -2.15. The first-order valence-electron chi connectivity index (χ1n) is 9.32. The Kier molecular flexibility index (Phi) is 5.51. The maximum atomic E-state index is 13.6. The van der Waals surface area contributed by atoms with E-state index in [1.807, 2.05) is 13.0 Å². The lowest BCUT2D eigenvalue weighted by atomic mass is 10.2. The van der Waals surface area contributed by atoms with Crippen molar-refractivity contribution in [3.05, 3.63) is 90.6 Å². The lowest BCUT2D eigenvalue weighted by molar-refractivity contribution is -0.116. The Bertz CT molecular complexity index is 1430. The van der Waals surface area contributed by atoms with Crippen LogP contribution >= 0.6 is 22.9 Å². The van der Waals surface area contributed by atoms with Crippen molar-refractivity contribution in [1.29, 1.82) is 0 Å². The average Bonchev–Trinajstić information content (AvgIpc) is 3.20. The molecule has 2 aromatic heterocycles. The van der Waals surface area contributed by atoms with E-state index < -0.39 is 23.0 Å². The van der Waals surface area contributed by atoms with Gasteiger partial charge < -0.3 is 5.32 Å². The Morgan fingerprint density at radius 2 is 1.90 bits per heavy atom. The van der Waals surface area contributed by atoms with Crippen LogP contribution in [0.1, 0.15) is 11.1 Å². The van der Waals surface area contributed by atoms with Gasteiger partial charge in [-0.3, -0.25) is 14.2 Å². The van der Waals surface area contributed by atoms with Gasteiger partial charge in [-0.15, -0.1) is 11.3 Å². The van der Waals surface area contributed by atoms with Crippen molar-refractivity contribution in [3.63, 3.8) is 0 Å². The molecule has 0 saturated carbocycles. The molecule has 2 heterocycles. The molecule has 6 nitrogen and oxygen atoms in total. The molecule has 9 heteroatoms. The largest absolute Gasteiger partial charge is 0.336 e. The van der Waals surface area contributed by atoms with Crippen LogP contribution in [0.5, 0.6) is 0 Å². The first-order valence-corrected chi connectivity index (χ1v) is 10.6. The summed E-state index contributed by atoms with van der Waals surface area (Å²) in [6, 6.07) is 10.7. The van der Waals surface area contributed by atoms with Gasteiger partial charge in [0, 0.05) is 0 Å². The maximum absolute atomic E-state index is 13.6. The second-order valence-corrected chi connectivity index (χ2v) is 8.38. The molecule has 0 aliphatic heterocycles. The van der Waals surface area contributed by atoms with Crippen molar-refractivity contribution < 1.29 is 9.18 Å². The number of aryl methyl sites for hydroxylation is 2. The van der Waals surface area contributed by atoms with E-state index in [4.69, 9.17) is 11.6 Å². The van der Waals surface area contributed by atoms with E-state index in [1.165, 1.54) is 34.1 Å². The highest BCUT2D eigenvalue weighted by Gasteiger charge is 2.19. The number of para-hydroxylation sites is 1. The van der Waals surface area contributed by atoms with Crippen LogP contribution in [0.4, 0.5) is 10.1 Å². The molecule has 0 saturated heterocycles. The van der Waals surface area contributed by atoms with Crippen molar-refractivity contribution in [1.82, 2.24) is 9.13 Å². The van der Waals surface area contributed by atoms with Crippen molar-refractivity contribution in [2.75, 3.05) is 5.32 Å². The fraction of sp³-hybridized carbons (Fsp3) is 0.136. The monoisotopic (exact) mass is 457 g/mol. The van der Waals surface area contributed by atoms with E-state index in [2.05, 4.69) is 5.32 Å². The summed E-state index contributed by atoms with van der Waals surface area (Å²) in [7, 11) is 0. The number of aromatic nitrogens is 2.